The first-order valence-electron chi connectivity index (χ1n) is 5.76. The summed E-state index contributed by atoms with van der Waals surface area (Å²) in [6.07, 6.45) is 9.98. The van der Waals surface area contributed by atoms with Gasteiger partial charge in [0, 0.05) is 5.25 Å². The molecule has 0 heterocycles. The molecule has 0 amide bonds. The van der Waals surface area contributed by atoms with Gasteiger partial charge >= 0.3 is 0 Å². The van der Waals surface area contributed by atoms with Gasteiger partial charge in [0.05, 0.1) is 0 Å². The average Bonchev–Trinajstić information content (AvgIpc) is 2.28. The van der Waals surface area contributed by atoms with Crippen molar-refractivity contribution in [2.45, 2.75) is 51.4 Å². The van der Waals surface area contributed by atoms with E-state index in [0.29, 0.717) is 0 Å². The number of hydrogen-bond donors (Lipinski definition) is 0. The number of thioether (sulfide) groups is 1. The van der Waals surface area contributed by atoms with Crippen LogP contribution in [0.5, 0.6) is 0 Å². The summed E-state index contributed by atoms with van der Waals surface area (Å²) in [5.74, 6) is 1.19. The summed E-state index contributed by atoms with van der Waals surface area (Å²) in [5.41, 5.74) is 0. The second kappa shape index (κ2) is 8.66. The van der Waals surface area contributed by atoms with Crippen LogP contribution in [0.15, 0.2) is 0 Å². The molecule has 1 saturated carbocycles. The molecule has 0 saturated heterocycles. The van der Waals surface area contributed by atoms with Crippen LogP contribution >= 0.6 is 36.2 Å². The lowest BCUT2D eigenvalue weighted by Gasteiger charge is -2.20. The summed E-state index contributed by atoms with van der Waals surface area (Å²) in [6, 6.07) is 0. The highest BCUT2D eigenvalue weighted by Crippen LogP contribution is 2.35. The molecule has 0 aromatic heterocycles. The van der Waals surface area contributed by atoms with Crippen LogP contribution in [0.1, 0.15) is 51.4 Å². The van der Waals surface area contributed by atoms with Crippen molar-refractivity contribution in [2.24, 2.45) is 0 Å². The van der Waals surface area contributed by atoms with Crippen LogP contribution in [0.4, 0.5) is 0 Å². The molecule has 1 rings (SSSR count). The third-order valence-electron chi connectivity index (χ3n) is 2.64. The molecule has 0 aromatic carbocycles. The molecule has 1 aliphatic rings. The predicted octanol–water partition coefficient (Wildman–Crippen LogP) is 4.76. The molecular formula is C12H19S3. The summed E-state index contributed by atoms with van der Waals surface area (Å²) in [6.45, 7) is 0. The normalized spacial score (nSPS) is 17.6. The van der Waals surface area contributed by atoms with Gasteiger partial charge in [0.25, 0.3) is 0 Å². The predicted molar refractivity (Wildman–Crippen MR) is 78.9 cm³/mol. The van der Waals surface area contributed by atoms with Gasteiger partial charge in [-0.15, -0.1) is 0 Å². The molecule has 85 valence electrons. The maximum atomic E-state index is 5.30. The smallest absolute Gasteiger partial charge is 0.0306 e. The molecule has 0 unspecified atom stereocenters. The van der Waals surface area contributed by atoms with Crippen LogP contribution < -0.4 is 0 Å². The molecule has 0 nitrogen and oxygen atoms in total. The van der Waals surface area contributed by atoms with Crippen LogP contribution in [0, 0.1) is 5.25 Å². The lowest BCUT2D eigenvalue weighted by molar-refractivity contribution is 0.579. The minimum absolute atomic E-state index is 0.968. The fourth-order valence-electron chi connectivity index (χ4n) is 1.74. The molecule has 15 heavy (non-hydrogen) atoms. The second-order valence-electron chi connectivity index (χ2n) is 3.94. The van der Waals surface area contributed by atoms with Crippen molar-refractivity contribution in [3.8, 4) is 0 Å². The highest BCUT2D eigenvalue weighted by atomic mass is 32.2. The maximum absolute atomic E-state index is 5.30. The number of thiocarbonyl (C=S) groups is 2. The van der Waals surface area contributed by atoms with Crippen molar-refractivity contribution >= 4 is 46.4 Å². The largest absolute Gasteiger partial charge is 0.153 e. The third kappa shape index (κ3) is 6.64. The quantitative estimate of drug-likeness (QED) is 0.605. The summed E-state index contributed by atoms with van der Waals surface area (Å²) in [7, 11) is 0. The van der Waals surface area contributed by atoms with Crippen molar-refractivity contribution in [2.75, 3.05) is 5.75 Å². The van der Waals surface area contributed by atoms with Gasteiger partial charge in [0.1, 0.15) is 0 Å². The molecule has 1 fully saturated rings. The molecule has 0 aliphatic heterocycles. The fourth-order valence-corrected chi connectivity index (χ4v) is 3.43. The van der Waals surface area contributed by atoms with Crippen molar-refractivity contribution in [1.82, 2.24) is 0 Å². The molecule has 1 radical (unpaired) electrons. The van der Waals surface area contributed by atoms with Crippen molar-refractivity contribution < 1.29 is 0 Å². The van der Waals surface area contributed by atoms with E-state index in [2.05, 4.69) is 11.8 Å². The zero-order valence-electron chi connectivity index (χ0n) is 9.17. The maximum Gasteiger partial charge on any atom is 0.0306 e. The van der Waals surface area contributed by atoms with E-state index >= 15 is 0 Å². The third-order valence-corrected chi connectivity index (χ3v) is 4.51. The standard InChI is InChI=1S/C12H19S3/c13-9-4-5-11(14)8-10-15-12-6-2-1-3-7-12/h9H,1-8,10H2. The molecule has 0 bridgehead atoms. The van der Waals surface area contributed by atoms with Gasteiger partial charge in [-0.3, -0.25) is 0 Å². The van der Waals surface area contributed by atoms with E-state index < -0.39 is 0 Å². The van der Waals surface area contributed by atoms with E-state index in [1.807, 2.05) is 0 Å². The monoisotopic (exact) mass is 259 g/mol. The van der Waals surface area contributed by atoms with Gasteiger partial charge in [-0.1, -0.05) is 43.7 Å². The van der Waals surface area contributed by atoms with E-state index in [-0.39, 0.29) is 0 Å². The Hall–Kier alpha value is 0.530. The summed E-state index contributed by atoms with van der Waals surface area (Å²) in [5, 5.41) is 3.49. The Kier molecular flexibility index (Phi) is 7.84. The first-order chi connectivity index (χ1) is 7.33. The van der Waals surface area contributed by atoms with Crippen molar-refractivity contribution in [3.05, 3.63) is 5.25 Å². The van der Waals surface area contributed by atoms with Gasteiger partial charge in [0.2, 0.25) is 0 Å². The van der Waals surface area contributed by atoms with Crippen LogP contribution in [0.25, 0.3) is 0 Å². The van der Waals surface area contributed by atoms with Crippen LogP contribution in [-0.4, -0.2) is 16.0 Å². The minimum atomic E-state index is 0.968. The van der Waals surface area contributed by atoms with Crippen LogP contribution in [0.3, 0.4) is 0 Å². The zero-order chi connectivity index (χ0) is 10.9. The highest BCUT2D eigenvalue weighted by Gasteiger charge is 2.14. The molecule has 0 spiro atoms. The van der Waals surface area contributed by atoms with E-state index in [4.69, 9.17) is 24.4 Å². The summed E-state index contributed by atoms with van der Waals surface area (Å²) >= 11 is 12.1. The van der Waals surface area contributed by atoms with Crippen molar-refractivity contribution in [3.63, 3.8) is 0 Å². The van der Waals surface area contributed by atoms with E-state index in [1.54, 1.807) is 10.6 Å². The molecule has 1 aliphatic carbocycles. The first-order valence-corrected chi connectivity index (χ1v) is 7.62. The Bertz CT molecular complexity index is 195. The van der Waals surface area contributed by atoms with E-state index in [1.165, 1.54) is 42.7 Å². The van der Waals surface area contributed by atoms with Crippen molar-refractivity contribution in [1.29, 1.82) is 0 Å². The van der Waals surface area contributed by atoms with Gasteiger partial charge in [-0.25, -0.2) is 0 Å². The van der Waals surface area contributed by atoms with Crippen LogP contribution in [-0.2, 0) is 0 Å². The molecule has 0 atom stereocenters. The molecular weight excluding hydrogens is 240 g/mol. The Morgan fingerprint density at radius 2 is 1.93 bits per heavy atom. The molecule has 0 aromatic rings. The number of rotatable bonds is 7. The average molecular weight is 259 g/mol. The lowest BCUT2D eigenvalue weighted by atomic mass is 10.0. The Morgan fingerprint density at radius 3 is 2.60 bits per heavy atom. The summed E-state index contributed by atoms with van der Waals surface area (Å²) in [4.78, 5) is 1.19. The van der Waals surface area contributed by atoms with Gasteiger partial charge < -0.3 is 0 Å². The van der Waals surface area contributed by atoms with Gasteiger partial charge in [-0.05, 0) is 48.1 Å². The number of hydrogen-bond acceptors (Lipinski definition) is 3. The van der Waals surface area contributed by atoms with E-state index in [0.717, 1.165) is 19.3 Å². The summed E-state index contributed by atoms with van der Waals surface area (Å²) < 4.78 is 0. The molecule has 3 heteroatoms. The first kappa shape index (κ1) is 13.6. The minimum Gasteiger partial charge on any atom is -0.153 e. The SMILES string of the molecule is S=CCCC(=S)CCS[C]1CCCCC1. The Balaban J connectivity index is 1.99. The Morgan fingerprint density at radius 1 is 1.20 bits per heavy atom. The Labute approximate surface area is 109 Å². The van der Waals surface area contributed by atoms with Gasteiger partial charge in [-0.2, -0.15) is 11.8 Å². The second-order valence-corrected chi connectivity index (χ2v) is 6.13. The lowest BCUT2D eigenvalue weighted by Crippen LogP contribution is -2.03. The zero-order valence-corrected chi connectivity index (χ0v) is 11.6. The fraction of sp³-hybridized carbons (Fsp3) is 0.750. The van der Waals surface area contributed by atoms with Gasteiger partial charge in [0.15, 0.2) is 0 Å². The topological polar surface area (TPSA) is 0 Å². The van der Waals surface area contributed by atoms with E-state index in [9.17, 15) is 0 Å². The molecule has 0 N–H and O–H groups in total. The highest BCUT2D eigenvalue weighted by molar-refractivity contribution is 8.02. The van der Waals surface area contributed by atoms with Crippen LogP contribution in [0.2, 0.25) is 0 Å².